The highest BCUT2D eigenvalue weighted by atomic mass is 35.5. The van der Waals surface area contributed by atoms with E-state index in [1.165, 1.54) is 12.1 Å². The van der Waals surface area contributed by atoms with Gasteiger partial charge in [-0.1, -0.05) is 41.9 Å². The Labute approximate surface area is 128 Å². The van der Waals surface area contributed by atoms with Gasteiger partial charge in [0.05, 0.1) is 18.2 Å². The maximum Gasteiger partial charge on any atom is 0.147 e. The van der Waals surface area contributed by atoms with Crippen LogP contribution in [0.5, 0.6) is 5.75 Å². The van der Waals surface area contributed by atoms with Gasteiger partial charge in [-0.3, -0.25) is 0 Å². The lowest BCUT2D eigenvalue weighted by Crippen LogP contribution is -2.21. The second-order valence-corrected chi connectivity index (χ2v) is 5.08. The number of hydrogen-bond donors (Lipinski definition) is 2. The number of ether oxygens (including phenoxy) is 1. The third-order valence-corrected chi connectivity index (χ3v) is 3.77. The molecule has 3 nitrogen and oxygen atoms in total. The molecule has 0 spiro atoms. The second-order valence-electron chi connectivity index (χ2n) is 4.67. The fourth-order valence-electron chi connectivity index (χ4n) is 2.36. The van der Waals surface area contributed by atoms with E-state index < -0.39 is 17.8 Å². The Morgan fingerprint density at radius 1 is 1.19 bits per heavy atom. The van der Waals surface area contributed by atoms with Gasteiger partial charge in [0.2, 0.25) is 0 Å². The molecule has 0 amide bonds. The van der Waals surface area contributed by atoms with Crippen LogP contribution in [0.3, 0.4) is 0 Å². The summed E-state index contributed by atoms with van der Waals surface area (Å²) in [4.78, 5) is 0. The Morgan fingerprint density at radius 3 is 2.52 bits per heavy atom. The Hall–Kier alpha value is -1.62. The molecule has 0 radical (unpaired) electrons. The van der Waals surface area contributed by atoms with Gasteiger partial charge in [-0.05, 0) is 12.1 Å². The lowest BCUT2D eigenvalue weighted by molar-refractivity contribution is 0.141. The lowest BCUT2D eigenvalue weighted by atomic mass is 9.88. The number of rotatable bonds is 5. The number of aliphatic hydroxyl groups is 1. The van der Waals surface area contributed by atoms with Gasteiger partial charge in [-0.15, -0.1) is 0 Å². The SMILES string of the molecule is COc1ccccc1C(CN)C(O)c1cccc(Cl)c1F. The van der Waals surface area contributed by atoms with E-state index in [1.54, 1.807) is 19.2 Å². The first kappa shape index (κ1) is 15.8. The van der Waals surface area contributed by atoms with Crippen LogP contribution in [0.25, 0.3) is 0 Å². The summed E-state index contributed by atoms with van der Waals surface area (Å²) in [7, 11) is 1.54. The van der Waals surface area contributed by atoms with E-state index in [1.807, 2.05) is 18.2 Å². The number of nitrogens with two attached hydrogens (primary N) is 1. The molecule has 0 fully saturated rings. The summed E-state index contributed by atoms with van der Waals surface area (Å²) in [6.07, 6.45) is -1.11. The van der Waals surface area contributed by atoms with Crippen LogP contribution in [0, 0.1) is 5.82 Å². The molecule has 0 saturated heterocycles. The predicted molar refractivity (Wildman–Crippen MR) is 81.2 cm³/mol. The molecule has 0 aromatic heterocycles. The van der Waals surface area contributed by atoms with Crippen LogP contribution in [0.4, 0.5) is 4.39 Å². The molecule has 0 aliphatic carbocycles. The standard InChI is InChI=1S/C16H17ClFNO2/c1-21-14-8-3-2-5-10(14)12(9-19)16(20)11-6-4-7-13(17)15(11)18/h2-8,12,16,20H,9,19H2,1H3. The number of hydrogen-bond acceptors (Lipinski definition) is 3. The first-order valence-electron chi connectivity index (χ1n) is 6.55. The van der Waals surface area contributed by atoms with Crippen LogP contribution in [-0.4, -0.2) is 18.8 Å². The summed E-state index contributed by atoms with van der Waals surface area (Å²) in [5.74, 6) is -0.511. The minimum absolute atomic E-state index is 0.0256. The first-order valence-corrected chi connectivity index (χ1v) is 6.93. The van der Waals surface area contributed by atoms with E-state index in [9.17, 15) is 9.50 Å². The molecule has 0 aliphatic rings. The highest BCUT2D eigenvalue weighted by Gasteiger charge is 2.27. The number of aliphatic hydroxyl groups excluding tert-OH is 1. The van der Waals surface area contributed by atoms with Crippen molar-refractivity contribution in [2.24, 2.45) is 5.73 Å². The lowest BCUT2D eigenvalue weighted by Gasteiger charge is -2.24. The fraction of sp³-hybridized carbons (Fsp3) is 0.250. The van der Waals surface area contributed by atoms with Crippen molar-refractivity contribution in [3.63, 3.8) is 0 Å². The third-order valence-electron chi connectivity index (χ3n) is 3.47. The van der Waals surface area contributed by atoms with Gasteiger partial charge in [-0.25, -0.2) is 4.39 Å². The Bertz CT molecular complexity index is 621. The van der Waals surface area contributed by atoms with Crippen molar-refractivity contribution in [1.29, 1.82) is 0 Å². The van der Waals surface area contributed by atoms with Crippen molar-refractivity contribution in [2.45, 2.75) is 12.0 Å². The molecule has 3 N–H and O–H groups in total. The minimum Gasteiger partial charge on any atom is -0.496 e. The van der Waals surface area contributed by atoms with Gasteiger partial charge in [0, 0.05) is 23.6 Å². The van der Waals surface area contributed by atoms with Gasteiger partial charge in [-0.2, -0.15) is 0 Å². The zero-order chi connectivity index (χ0) is 15.4. The smallest absolute Gasteiger partial charge is 0.147 e. The van der Waals surface area contributed by atoms with Gasteiger partial charge in [0.15, 0.2) is 0 Å². The monoisotopic (exact) mass is 309 g/mol. The molecule has 2 unspecified atom stereocenters. The minimum atomic E-state index is -1.11. The van der Waals surface area contributed by atoms with Crippen molar-refractivity contribution >= 4 is 11.6 Å². The summed E-state index contributed by atoms with van der Waals surface area (Å²) in [5.41, 5.74) is 6.64. The van der Waals surface area contributed by atoms with E-state index in [0.717, 1.165) is 5.56 Å². The summed E-state index contributed by atoms with van der Waals surface area (Å²) in [5, 5.41) is 10.5. The third kappa shape index (κ3) is 3.18. The summed E-state index contributed by atoms with van der Waals surface area (Å²) in [6, 6.07) is 11.8. The Morgan fingerprint density at radius 2 is 1.86 bits per heavy atom. The molecule has 2 atom stereocenters. The summed E-state index contributed by atoms with van der Waals surface area (Å²) >= 11 is 5.77. The largest absolute Gasteiger partial charge is 0.496 e. The van der Waals surface area contributed by atoms with Crippen LogP contribution in [0.1, 0.15) is 23.1 Å². The summed E-state index contributed by atoms with van der Waals surface area (Å²) < 4.78 is 19.4. The normalized spacial score (nSPS) is 13.8. The van der Waals surface area contributed by atoms with E-state index in [-0.39, 0.29) is 17.1 Å². The number of para-hydroxylation sites is 1. The topological polar surface area (TPSA) is 55.5 Å². The Balaban J connectivity index is 2.43. The molecule has 21 heavy (non-hydrogen) atoms. The molecule has 0 aliphatic heterocycles. The predicted octanol–water partition coefficient (Wildman–Crippen LogP) is 3.26. The van der Waals surface area contributed by atoms with Crippen molar-refractivity contribution in [1.82, 2.24) is 0 Å². The van der Waals surface area contributed by atoms with Crippen molar-refractivity contribution < 1.29 is 14.2 Å². The van der Waals surface area contributed by atoms with E-state index in [0.29, 0.717) is 5.75 Å². The van der Waals surface area contributed by atoms with Crippen LogP contribution >= 0.6 is 11.6 Å². The first-order chi connectivity index (χ1) is 10.1. The second kappa shape index (κ2) is 6.89. The van der Waals surface area contributed by atoms with Gasteiger partial charge < -0.3 is 15.6 Å². The van der Waals surface area contributed by atoms with Crippen LogP contribution in [-0.2, 0) is 0 Å². The molecule has 2 rings (SSSR count). The molecule has 0 saturated carbocycles. The maximum absolute atomic E-state index is 14.1. The Kier molecular flexibility index (Phi) is 5.17. The van der Waals surface area contributed by atoms with Crippen LogP contribution in [0.15, 0.2) is 42.5 Å². The van der Waals surface area contributed by atoms with Crippen molar-refractivity contribution in [3.8, 4) is 5.75 Å². The average Bonchev–Trinajstić information content (AvgIpc) is 2.51. The van der Waals surface area contributed by atoms with Crippen LogP contribution < -0.4 is 10.5 Å². The van der Waals surface area contributed by atoms with E-state index >= 15 is 0 Å². The van der Waals surface area contributed by atoms with Gasteiger partial charge >= 0.3 is 0 Å². The number of benzene rings is 2. The number of methoxy groups -OCH3 is 1. The van der Waals surface area contributed by atoms with Gasteiger partial charge in [0.25, 0.3) is 0 Å². The van der Waals surface area contributed by atoms with E-state index in [2.05, 4.69) is 0 Å². The molecular formula is C16H17ClFNO2. The van der Waals surface area contributed by atoms with Gasteiger partial charge in [0.1, 0.15) is 11.6 Å². The van der Waals surface area contributed by atoms with Crippen molar-refractivity contribution in [2.75, 3.05) is 13.7 Å². The zero-order valence-electron chi connectivity index (χ0n) is 11.6. The molecule has 2 aromatic carbocycles. The average molecular weight is 310 g/mol. The number of halogens is 2. The van der Waals surface area contributed by atoms with Crippen LogP contribution in [0.2, 0.25) is 5.02 Å². The fourth-order valence-corrected chi connectivity index (χ4v) is 2.55. The zero-order valence-corrected chi connectivity index (χ0v) is 12.3. The van der Waals surface area contributed by atoms with Crippen molar-refractivity contribution in [3.05, 3.63) is 64.4 Å². The highest BCUT2D eigenvalue weighted by molar-refractivity contribution is 6.30. The molecule has 0 bridgehead atoms. The molecule has 0 heterocycles. The quantitative estimate of drug-likeness (QED) is 0.891. The highest BCUT2D eigenvalue weighted by Crippen LogP contribution is 2.37. The molecule has 112 valence electrons. The molecule has 5 heteroatoms. The maximum atomic E-state index is 14.1. The summed E-state index contributed by atoms with van der Waals surface area (Å²) in [6.45, 7) is 0.146. The van der Waals surface area contributed by atoms with E-state index in [4.69, 9.17) is 22.1 Å². The molecule has 2 aromatic rings. The molecular weight excluding hydrogens is 293 g/mol.